The van der Waals surface area contributed by atoms with Crippen molar-refractivity contribution in [2.45, 2.75) is 51.8 Å². The second-order valence-corrected chi connectivity index (χ2v) is 5.43. The van der Waals surface area contributed by atoms with Gasteiger partial charge >= 0.3 is 12.1 Å². The van der Waals surface area contributed by atoms with Crippen LogP contribution in [0.5, 0.6) is 0 Å². The molecule has 8 heteroatoms. The van der Waals surface area contributed by atoms with Gasteiger partial charge in [0.2, 0.25) is 0 Å². The van der Waals surface area contributed by atoms with E-state index in [9.17, 15) is 14.7 Å². The molecule has 2 rings (SSSR count). The zero-order valence-corrected chi connectivity index (χ0v) is 12.2. The summed E-state index contributed by atoms with van der Waals surface area (Å²) < 4.78 is 25.2. The van der Waals surface area contributed by atoms with Crippen molar-refractivity contribution < 1.29 is 38.4 Å². The zero-order chi connectivity index (χ0) is 15.8. The fraction of sp³-hybridized carbons (Fsp3) is 0.692. The average molecular weight is 302 g/mol. The van der Waals surface area contributed by atoms with Gasteiger partial charge < -0.3 is 28.8 Å². The van der Waals surface area contributed by atoms with Gasteiger partial charge in [0, 0.05) is 0 Å². The van der Waals surface area contributed by atoms with Crippen LogP contribution in [0.1, 0.15) is 27.7 Å². The van der Waals surface area contributed by atoms with E-state index in [0.29, 0.717) is 0 Å². The lowest BCUT2D eigenvalue weighted by molar-refractivity contribution is -0.163. The van der Waals surface area contributed by atoms with Gasteiger partial charge in [0.15, 0.2) is 17.7 Å². The molecule has 0 radical (unpaired) electrons. The molecular formula is C13H18O8. The van der Waals surface area contributed by atoms with Crippen LogP contribution in [0.4, 0.5) is 4.79 Å². The fourth-order valence-electron chi connectivity index (χ4n) is 1.97. The van der Waals surface area contributed by atoms with Crippen LogP contribution in [0, 0.1) is 0 Å². The first-order chi connectivity index (χ1) is 9.69. The van der Waals surface area contributed by atoms with Crippen molar-refractivity contribution in [3.8, 4) is 0 Å². The minimum absolute atomic E-state index is 0.138. The highest BCUT2D eigenvalue weighted by Gasteiger charge is 2.47. The van der Waals surface area contributed by atoms with Crippen LogP contribution in [0.2, 0.25) is 0 Å². The van der Waals surface area contributed by atoms with E-state index in [0.717, 1.165) is 0 Å². The van der Waals surface area contributed by atoms with E-state index in [-0.39, 0.29) is 6.61 Å². The maximum Gasteiger partial charge on any atom is 0.514 e. The molecule has 2 aliphatic heterocycles. The highest BCUT2D eigenvalue weighted by atomic mass is 16.8. The molecule has 2 atom stereocenters. The molecule has 118 valence electrons. The van der Waals surface area contributed by atoms with E-state index in [2.05, 4.69) is 4.74 Å². The predicted octanol–water partition coefficient (Wildman–Crippen LogP) is 1.39. The van der Waals surface area contributed by atoms with Crippen molar-refractivity contribution in [2.24, 2.45) is 0 Å². The Bertz CT molecular complexity index is 479. The molecule has 1 N–H and O–H groups in total. The molecule has 1 fully saturated rings. The first kappa shape index (κ1) is 15.6. The molecule has 1 saturated heterocycles. The van der Waals surface area contributed by atoms with Gasteiger partial charge in [0.1, 0.15) is 6.10 Å². The third-order valence-corrected chi connectivity index (χ3v) is 2.81. The number of carbonyl (C=O) groups excluding carboxylic acids is 2. The Kier molecular flexibility index (Phi) is 4.11. The Morgan fingerprint density at radius 3 is 2.62 bits per heavy atom. The molecule has 2 aliphatic rings. The second kappa shape index (κ2) is 5.53. The van der Waals surface area contributed by atoms with E-state index in [1.807, 2.05) is 0 Å². The number of aliphatic hydroxyl groups is 1. The maximum absolute atomic E-state index is 11.7. The molecule has 0 aliphatic carbocycles. The highest BCUT2D eigenvalue weighted by Crippen LogP contribution is 2.32. The first-order valence-electron chi connectivity index (χ1n) is 6.54. The summed E-state index contributed by atoms with van der Waals surface area (Å²) in [4.78, 5) is 23.0. The van der Waals surface area contributed by atoms with E-state index >= 15 is 0 Å². The lowest BCUT2D eigenvalue weighted by Gasteiger charge is -2.19. The van der Waals surface area contributed by atoms with Crippen LogP contribution in [0.3, 0.4) is 0 Å². The van der Waals surface area contributed by atoms with Crippen LogP contribution in [0.25, 0.3) is 0 Å². The number of carbonyl (C=O) groups is 2. The van der Waals surface area contributed by atoms with Gasteiger partial charge in [-0.25, -0.2) is 9.59 Å². The van der Waals surface area contributed by atoms with Crippen LogP contribution < -0.4 is 0 Å². The number of cyclic esters (lactones) is 1. The van der Waals surface area contributed by atoms with Crippen LogP contribution in [0.15, 0.2) is 11.5 Å². The molecule has 0 saturated carbocycles. The summed E-state index contributed by atoms with van der Waals surface area (Å²) >= 11 is 0. The molecule has 8 nitrogen and oxygen atoms in total. The van der Waals surface area contributed by atoms with Crippen LogP contribution >= 0.6 is 0 Å². The second-order valence-electron chi connectivity index (χ2n) is 5.43. The summed E-state index contributed by atoms with van der Waals surface area (Å²) in [5.74, 6) is -2.88. The number of ether oxygens (including phenoxy) is 5. The summed E-state index contributed by atoms with van der Waals surface area (Å²) in [5.41, 5.74) is 0. The van der Waals surface area contributed by atoms with Gasteiger partial charge in [-0.15, -0.1) is 0 Å². The standard InChI is InChI=1S/C13H18O8/c1-6(2)18-12(16)20-10-8(14)9(19-11(10)15)7-5-17-13(3,4)21-7/h6-7,9,14H,5H2,1-4H3/t7-,9+/m0/s1. The van der Waals surface area contributed by atoms with Crippen molar-refractivity contribution in [2.75, 3.05) is 6.61 Å². The van der Waals surface area contributed by atoms with E-state index in [1.54, 1.807) is 27.7 Å². The largest absolute Gasteiger partial charge is 0.514 e. The number of esters is 1. The minimum Gasteiger partial charge on any atom is -0.505 e. The number of aliphatic hydroxyl groups excluding tert-OH is 1. The van der Waals surface area contributed by atoms with Gasteiger partial charge in [0.05, 0.1) is 12.7 Å². The summed E-state index contributed by atoms with van der Waals surface area (Å²) in [6, 6.07) is 0. The van der Waals surface area contributed by atoms with Gasteiger partial charge in [-0.05, 0) is 27.7 Å². The maximum atomic E-state index is 11.7. The predicted molar refractivity (Wildman–Crippen MR) is 67.1 cm³/mol. The molecule has 0 spiro atoms. The molecule has 0 aromatic carbocycles. The Hall–Kier alpha value is -1.80. The van der Waals surface area contributed by atoms with Crippen molar-refractivity contribution in [1.82, 2.24) is 0 Å². The molecular weight excluding hydrogens is 284 g/mol. The molecule has 2 heterocycles. The summed E-state index contributed by atoms with van der Waals surface area (Å²) in [6.07, 6.45) is -3.25. The molecule has 0 aromatic heterocycles. The Balaban J connectivity index is 2.07. The molecule has 0 unspecified atom stereocenters. The topological polar surface area (TPSA) is 101 Å². The number of hydrogen-bond acceptors (Lipinski definition) is 8. The molecule has 0 bridgehead atoms. The molecule has 0 aromatic rings. The van der Waals surface area contributed by atoms with Crippen molar-refractivity contribution in [3.63, 3.8) is 0 Å². The van der Waals surface area contributed by atoms with Crippen molar-refractivity contribution in [1.29, 1.82) is 0 Å². The van der Waals surface area contributed by atoms with Crippen LogP contribution in [-0.4, -0.2) is 47.9 Å². The lowest BCUT2D eigenvalue weighted by Crippen LogP contribution is -2.32. The number of rotatable bonds is 3. The van der Waals surface area contributed by atoms with Gasteiger partial charge in [-0.3, -0.25) is 0 Å². The molecule has 0 amide bonds. The lowest BCUT2D eigenvalue weighted by atomic mass is 10.2. The van der Waals surface area contributed by atoms with Gasteiger partial charge in [0.25, 0.3) is 5.76 Å². The third kappa shape index (κ3) is 3.45. The van der Waals surface area contributed by atoms with E-state index in [4.69, 9.17) is 18.9 Å². The van der Waals surface area contributed by atoms with Crippen molar-refractivity contribution >= 4 is 12.1 Å². The summed E-state index contributed by atoms with van der Waals surface area (Å²) in [5, 5.41) is 10.00. The van der Waals surface area contributed by atoms with Crippen molar-refractivity contribution in [3.05, 3.63) is 11.5 Å². The monoisotopic (exact) mass is 302 g/mol. The normalized spacial score (nSPS) is 28.0. The quantitative estimate of drug-likeness (QED) is 0.781. The summed E-state index contributed by atoms with van der Waals surface area (Å²) in [7, 11) is 0. The average Bonchev–Trinajstić information content (AvgIpc) is 2.82. The fourth-order valence-corrected chi connectivity index (χ4v) is 1.97. The Labute approximate surface area is 121 Å². The highest BCUT2D eigenvalue weighted by molar-refractivity contribution is 5.91. The summed E-state index contributed by atoms with van der Waals surface area (Å²) in [6.45, 7) is 6.77. The van der Waals surface area contributed by atoms with Gasteiger partial charge in [-0.2, -0.15) is 0 Å². The Morgan fingerprint density at radius 2 is 2.10 bits per heavy atom. The first-order valence-corrected chi connectivity index (χ1v) is 6.54. The smallest absolute Gasteiger partial charge is 0.505 e. The number of hydrogen-bond donors (Lipinski definition) is 1. The van der Waals surface area contributed by atoms with Crippen LogP contribution in [-0.2, 0) is 28.5 Å². The van der Waals surface area contributed by atoms with E-state index in [1.165, 1.54) is 0 Å². The van der Waals surface area contributed by atoms with Gasteiger partial charge in [-0.1, -0.05) is 0 Å². The Morgan fingerprint density at radius 1 is 1.43 bits per heavy atom. The van der Waals surface area contributed by atoms with E-state index < -0.39 is 47.7 Å². The minimum atomic E-state index is -1.09. The third-order valence-electron chi connectivity index (χ3n) is 2.81. The SMILES string of the molecule is CC(C)OC(=O)OC1=C(O)[C@@H]([C@@H]2COC(C)(C)O2)OC1=O. The zero-order valence-electron chi connectivity index (χ0n) is 12.2. The molecule has 21 heavy (non-hydrogen) atoms.